The molecule has 0 aliphatic heterocycles. The molecule has 0 amide bonds. The lowest BCUT2D eigenvalue weighted by Gasteiger charge is -2.05. The topological polar surface area (TPSA) is 61.0 Å². The smallest absolute Gasteiger partial charge is 0.131 e. The van der Waals surface area contributed by atoms with Crippen LogP contribution in [0, 0.1) is 0 Å². The number of methoxy groups -OCH3 is 1. The largest absolute Gasteiger partial charge is 0.384 e. The van der Waals surface area contributed by atoms with Crippen LogP contribution in [0.25, 0.3) is 0 Å². The molecule has 0 atom stereocenters. The highest BCUT2D eigenvalue weighted by atomic mass is 16.5. The minimum absolute atomic E-state index is 0.463. The lowest BCUT2D eigenvalue weighted by molar-refractivity contribution is 0.181. The molecule has 0 aliphatic carbocycles. The van der Waals surface area contributed by atoms with Gasteiger partial charge >= 0.3 is 0 Å². The Kier molecular flexibility index (Phi) is 4.25. The van der Waals surface area contributed by atoms with E-state index in [4.69, 9.17) is 10.5 Å². The van der Waals surface area contributed by atoms with Crippen LogP contribution in [0.2, 0.25) is 0 Å². The number of aromatic nitrogens is 2. The van der Waals surface area contributed by atoms with Crippen molar-refractivity contribution in [1.29, 1.82) is 0 Å². The maximum absolute atomic E-state index is 5.75. The van der Waals surface area contributed by atoms with Gasteiger partial charge in [0, 0.05) is 19.6 Å². The number of hydrogen-bond acceptors (Lipinski definition) is 4. The minimum atomic E-state index is 0.463. The molecular formula is C14H17N3O. The van der Waals surface area contributed by atoms with Crippen molar-refractivity contribution in [2.45, 2.75) is 19.4 Å². The van der Waals surface area contributed by atoms with Gasteiger partial charge in [0.1, 0.15) is 11.6 Å². The third kappa shape index (κ3) is 3.53. The number of nitrogen functional groups attached to an aromatic ring is 1. The van der Waals surface area contributed by atoms with Crippen molar-refractivity contribution in [3.63, 3.8) is 0 Å². The van der Waals surface area contributed by atoms with Gasteiger partial charge < -0.3 is 10.5 Å². The molecule has 0 bridgehead atoms. The third-order valence-electron chi connectivity index (χ3n) is 2.62. The van der Waals surface area contributed by atoms with E-state index in [9.17, 15) is 0 Å². The molecule has 1 aromatic heterocycles. The van der Waals surface area contributed by atoms with Crippen molar-refractivity contribution in [1.82, 2.24) is 9.97 Å². The number of aryl methyl sites for hydroxylation is 2. The minimum Gasteiger partial charge on any atom is -0.384 e. The van der Waals surface area contributed by atoms with Crippen LogP contribution in [0.15, 0.2) is 36.4 Å². The highest BCUT2D eigenvalue weighted by Crippen LogP contribution is 2.08. The summed E-state index contributed by atoms with van der Waals surface area (Å²) in [4.78, 5) is 8.66. The Bertz CT molecular complexity index is 500. The normalized spacial score (nSPS) is 10.5. The zero-order valence-electron chi connectivity index (χ0n) is 10.5. The second-order valence-electron chi connectivity index (χ2n) is 4.12. The van der Waals surface area contributed by atoms with E-state index in [0.717, 1.165) is 24.4 Å². The first kappa shape index (κ1) is 12.5. The summed E-state index contributed by atoms with van der Waals surface area (Å²) in [5.74, 6) is 1.27. The molecule has 0 radical (unpaired) electrons. The molecule has 0 unspecified atom stereocenters. The lowest BCUT2D eigenvalue weighted by atomic mass is 10.1. The van der Waals surface area contributed by atoms with Gasteiger partial charge in [0.15, 0.2) is 0 Å². The summed E-state index contributed by atoms with van der Waals surface area (Å²) in [7, 11) is 1.64. The Morgan fingerprint density at radius 2 is 1.89 bits per heavy atom. The monoisotopic (exact) mass is 243 g/mol. The first-order chi connectivity index (χ1) is 8.78. The average Bonchev–Trinajstić information content (AvgIpc) is 2.37. The predicted octanol–water partition coefficient (Wildman–Crippen LogP) is 1.99. The Morgan fingerprint density at radius 3 is 2.61 bits per heavy atom. The molecule has 1 heterocycles. The highest BCUT2D eigenvalue weighted by Gasteiger charge is 2.03. The summed E-state index contributed by atoms with van der Waals surface area (Å²) in [5, 5.41) is 0. The zero-order chi connectivity index (χ0) is 12.8. The van der Waals surface area contributed by atoms with E-state index in [-0.39, 0.29) is 0 Å². The van der Waals surface area contributed by atoms with E-state index < -0.39 is 0 Å². The molecule has 94 valence electrons. The molecule has 1 aromatic carbocycles. The Hall–Kier alpha value is -1.94. The second-order valence-corrected chi connectivity index (χ2v) is 4.12. The van der Waals surface area contributed by atoms with Gasteiger partial charge in [-0.2, -0.15) is 0 Å². The van der Waals surface area contributed by atoms with Crippen LogP contribution in [0.4, 0.5) is 5.82 Å². The number of rotatable bonds is 5. The van der Waals surface area contributed by atoms with Gasteiger partial charge in [-0.3, -0.25) is 0 Å². The maximum atomic E-state index is 5.75. The van der Waals surface area contributed by atoms with Crippen molar-refractivity contribution in [3.05, 3.63) is 53.5 Å². The average molecular weight is 243 g/mol. The number of nitrogens with two attached hydrogens (primary N) is 1. The van der Waals surface area contributed by atoms with Gasteiger partial charge in [-0.1, -0.05) is 30.3 Å². The van der Waals surface area contributed by atoms with Gasteiger partial charge in [-0.05, 0) is 12.0 Å². The fourth-order valence-electron chi connectivity index (χ4n) is 1.81. The fourth-order valence-corrected chi connectivity index (χ4v) is 1.81. The van der Waals surface area contributed by atoms with E-state index in [1.807, 2.05) is 18.2 Å². The van der Waals surface area contributed by atoms with Crippen LogP contribution < -0.4 is 5.73 Å². The van der Waals surface area contributed by atoms with E-state index >= 15 is 0 Å². The Labute approximate surface area is 107 Å². The van der Waals surface area contributed by atoms with Gasteiger partial charge in [0.2, 0.25) is 0 Å². The first-order valence-corrected chi connectivity index (χ1v) is 5.93. The van der Waals surface area contributed by atoms with E-state index in [1.54, 1.807) is 13.2 Å². The van der Waals surface area contributed by atoms with E-state index in [2.05, 4.69) is 22.1 Å². The summed E-state index contributed by atoms with van der Waals surface area (Å²) >= 11 is 0. The first-order valence-electron chi connectivity index (χ1n) is 5.93. The lowest BCUT2D eigenvalue weighted by Crippen LogP contribution is -2.05. The molecule has 0 aliphatic rings. The molecule has 4 nitrogen and oxygen atoms in total. The zero-order valence-corrected chi connectivity index (χ0v) is 10.5. The third-order valence-corrected chi connectivity index (χ3v) is 2.62. The fraction of sp³-hybridized carbons (Fsp3) is 0.286. The standard InChI is InChI=1S/C14H17N3O/c1-18-10-12-9-13(15)17-14(16-12)8-7-11-5-3-2-4-6-11/h2-6,9H,7-8,10H2,1H3,(H2,15,16,17). The number of benzene rings is 1. The Morgan fingerprint density at radius 1 is 1.11 bits per heavy atom. The predicted molar refractivity (Wildman–Crippen MR) is 71.0 cm³/mol. The number of hydrogen-bond donors (Lipinski definition) is 1. The summed E-state index contributed by atoms with van der Waals surface area (Å²) in [6.07, 6.45) is 1.70. The molecule has 0 fully saturated rings. The molecular weight excluding hydrogens is 226 g/mol. The van der Waals surface area contributed by atoms with Gasteiger partial charge in [-0.25, -0.2) is 9.97 Å². The van der Waals surface area contributed by atoms with Gasteiger partial charge in [0.05, 0.1) is 12.3 Å². The van der Waals surface area contributed by atoms with Crippen molar-refractivity contribution in [3.8, 4) is 0 Å². The number of anilines is 1. The van der Waals surface area contributed by atoms with Crippen LogP contribution in [-0.4, -0.2) is 17.1 Å². The maximum Gasteiger partial charge on any atom is 0.131 e. The van der Waals surface area contributed by atoms with Crippen molar-refractivity contribution >= 4 is 5.82 Å². The van der Waals surface area contributed by atoms with Crippen LogP contribution in [0.3, 0.4) is 0 Å². The van der Waals surface area contributed by atoms with Gasteiger partial charge in [-0.15, -0.1) is 0 Å². The number of nitrogens with zero attached hydrogens (tertiary/aromatic N) is 2. The van der Waals surface area contributed by atoms with Crippen LogP contribution in [0.1, 0.15) is 17.1 Å². The summed E-state index contributed by atoms with van der Waals surface area (Å²) in [5.41, 5.74) is 7.85. The van der Waals surface area contributed by atoms with Crippen LogP contribution in [0.5, 0.6) is 0 Å². The molecule has 0 spiro atoms. The molecule has 2 N–H and O–H groups in total. The Balaban J connectivity index is 2.05. The SMILES string of the molecule is COCc1cc(N)nc(CCc2ccccc2)n1. The van der Waals surface area contributed by atoms with Crippen molar-refractivity contribution in [2.75, 3.05) is 12.8 Å². The van der Waals surface area contributed by atoms with E-state index in [0.29, 0.717) is 12.4 Å². The van der Waals surface area contributed by atoms with E-state index in [1.165, 1.54) is 5.56 Å². The summed E-state index contributed by atoms with van der Waals surface area (Å²) < 4.78 is 5.05. The van der Waals surface area contributed by atoms with Crippen molar-refractivity contribution in [2.24, 2.45) is 0 Å². The summed E-state index contributed by atoms with van der Waals surface area (Å²) in [6, 6.07) is 12.0. The quantitative estimate of drug-likeness (QED) is 0.872. The molecule has 18 heavy (non-hydrogen) atoms. The highest BCUT2D eigenvalue weighted by molar-refractivity contribution is 5.29. The second kappa shape index (κ2) is 6.12. The molecule has 0 saturated carbocycles. The molecule has 4 heteroatoms. The molecule has 2 aromatic rings. The number of ether oxygens (including phenoxy) is 1. The summed E-state index contributed by atoms with van der Waals surface area (Å²) in [6.45, 7) is 0.463. The molecule has 0 saturated heterocycles. The van der Waals surface area contributed by atoms with Crippen molar-refractivity contribution < 1.29 is 4.74 Å². The van der Waals surface area contributed by atoms with Gasteiger partial charge in [0.25, 0.3) is 0 Å². The molecule has 2 rings (SSSR count). The van der Waals surface area contributed by atoms with Crippen LogP contribution >= 0.6 is 0 Å². The van der Waals surface area contributed by atoms with Crippen LogP contribution in [-0.2, 0) is 24.2 Å².